The maximum atomic E-state index is 13.2. The zero-order valence-electron chi connectivity index (χ0n) is 22.8. The number of sulfonamides is 1. The first-order chi connectivity index (χ1) is 17.6. The quantitative estimate of drug-likeness (QED) is 0.244. The summed E-state index contributed by atoms with van der Waals surface area (Å²) in [5.74, 6) is 0.399. The van der Waals surface area contributed by atoms with Crippen LogP contribution in [0.1, 0.15) is 36.8 Å². The Morgan fingerprint density at radius 2 is 1.95 bits per heavy atom. The van der Waals surface area contributed by atoms with Crippen LogP contribution in [0.2, 0.25) is 0 Å². The third kappa shape index (κ3) is 7.26. The molecule has 1 aliphatic heterocycles. The SMILES string of the molecule is C=Cc1cc(OC)cc(C)c1S(=O)(=O)N(C)CCOCC(=O)[N+](=C)C1CCCC(N2CCN(C)CC2)C1. The van der Waals surface area contributed by atoms with Gasteiger partial charge in [-0.15, -0.1) is 0 Å². The maximum Gasteiger partial charge on any atom is 0.412 e. The molecule has 0 bridgehead atoms. The molecule has 1 aromatic carbocycles. The molecule has 2 fully saturated rings. The van der Waals surface area contributed by atoms with Crippen LogP contribution in [0.25, 0.3) is 6.08 Å². The van der Waals surface area contributed by atoms with Gasteiger partial charge in [0.25, 0.3) is 0 Å². The molecule has 1 aromatic rings. The van der Waals surface area contributed by atoms with E-state index < -0.39 is 10.0 Å². The second-order valence-corrected chi connectivity index (χ2v) is 12.1. The Kier molecular flexibility index (Phi) is 10.4. The van der Waals surface area contributed by atoms with Crippen molar-refractivity contribution in [2.45, 2.75) is 49.6 Å². The van der Waals surface area contributed by atoms with Gasteiger partial charge in [0.15, 0.2) is 12.6 Å². The predicted octanol–water partition coefficient (Wildman–Crippen LogP) is 2.08. The number of rotatable bonds is 11. The zero-order valence-corrected chi connectivity index (χ0v) is 23.6. The Bertz CT molecular complexity index is 1080. The van der Waals surface area contributed by atoms with Gasteiger partial charge in [0.2, 0.25) is 10.0 Å². The van der Waals surface area contributed by atoms with Crippen molar-refractivity contribution in [2.24, 2.45) is 0 Å². The van der Waals surface area contributed by atoms with E-state index in [1.807, 2.05) is 0 Å². The van der Waals surface area contributed by atoms with Crippen molar-refractivity contribution in [1.29, 1.82) is 0 Å². The minimum atomic E-state index is -3.78. The van der Waals surface area contributed by atoms with Gasteiger partial charge in [-0.3, -0.25) is 4.90 Å². The molecule has 0 radical (unpaired) electrons. The van der Waals surface area contributed by atoms with Crippen LogP contribution in [0.5, 0.6) is 5.75 Å². The number of aryl methyl sites for hydroxylation is 1. The van der Waals surface area contributed by atoms with E-state index in [0.29, 0.717) is 22.9 Å². The van der Waals surface area contributed by atoms with Crippen LogP contribution in [0.15, 0.2) is 23.6 Å². The highest BCUT2D eigenvalue weighted by atomic mass is 32.2. The molecule has 206 valence electrons. The van der Waals surface area contributed by atoms with Gasteiger partial charge in [0.1, 0.15) is 12.5 Å². The van der Waals surface area contributed by atoms with Crippen molar-refractivity contribution in [1.82, 2.24) is 14.1 Å². The first kappa shape index (κ1) is 29.4. The number of benzene rings is 1. The topological polar surface area (TPSA) is 82.4 Å². The van der Waals surface area contributed by atoms with E-state index in [1.165, 1.54) is 31.0 Å². The highest BCUT2D eigenvalue weighted by molar-refractivity contribution is 7.89. The van der Waals surface area contributed by atoms with Gasteiger partial charge in [-0.2, -0.15) is 8.88 Å². The van der Waals surface area contributed by atoms with E-state index in [4.69, 9.17) is 9.47 Å². The van der Waals surface area contributed by atoms with Crippen LogP contribution >= 0.6 is 0 Å². The van der Waals surface area contributed by atoms with Gasteiger partial charge in [0, 0.05) is 58.7 Å². The minimum absolute atomic E-state index is 0.0997. The highest BCUT2D eigenvalue weighted by Crippen LogP contribution is 2.29. The Labute approximate surface area is 222 Å². The number of hydrogen-bond acceptors (Lipinski definition) is 7. The Morgan fingerprint density at radius 1 is 1.24 bits per heavy atom. The van der Waals surface area contributed by atoms with Crippen LogP contribution in [0.4, 0.5) is 0 Å². The molecule has 2 aliphatic rings. The molecule has 37 heavy (non-hydrogen) atoms. The molecule has 0 N–H and O–H groups in total. The van der Waals surface area contributed by atoms with Crippen LogP contribution in [0, 0.1) is 6.92 Å². The van der Waals surface area contributed by atoms with Crippen molar-refractivity contribution >= 4 is 28.7 Å². The van der Waals surface area contributed by atoms with E-state index in [9.17, 15) is 13.2 Å². The number of piperazine rings is 1. The van der Waals surface area contributed by atoms with E-state index >= 15 is 0 Å². The summed E-state index contributed by atoms with van der Waals surface area (Å²) >= 11 is 0. The van der Waals surface area contributed by atoms with Gasteiger partial charge in [-0.1, -0.05) is 12.7 Å². The molecule has 1 saturated carbocycles. The molecule has 3 rings (SSSR count). The van der Waals surface area contributed by atoms with Crippen molar-refractivity contribution < 1.29 is 27.3 Å². The molecular formula is C27H43N4O5S+. The summed E-state index contributed by atoms with van der Waals surface area (Å²) in [5, 5.41) is 0. The lowest BCUT2D eigenvalue weighted by atomic mass is 9.89. The third-order valence-corrected chi connectivity index (χ3v) is 9.69. The fourth-order valence-electron chi connectivity index (χ4n) is 5.24. The molecule has 2 unspecified atom stereocenters. The summed E-state index contributed by atoms with van der Waals surface area (Å²) in [6.07, 6.45) is 5.65. The summed E-state index contributed by atoms with van der Waals surface area (Å²) in [4.78, 5) is 17.9. The number of carbonyl (C=O) groups excluding carboxylic acids is 1. The van der Waals surface area contributed by atoms with Gasteiger partial charge in [0.05, 0.1) is 18.6 Å². The molecule has 0 aromatic heterocycles. The van der Waals surface area contributed by atoms with E-state index in [1.54, 1.807) is 23.6 Å². The van der Waals surface area contributed by atoms with Crippen molar-refractivity contribution in [3.63, 3.8) is 0 Å². The van der Waals surface area contributed by atoms with E-state index in [0.717, 1.165) is 45.4 Å². The van der Waals surface area contributed by atoms with Gasteiger partial charge >= 0.3 is 5.91 Å². The van der Waals surface area contributed by atoms with Crippen LogP contribution in [-0.4, -0.2) is 119 Å². The van der Waals surface area contributed by atoms with Gasteiger partial charge in [-0.05, 0) is 50.1 Å². The largest absolute Gasteiger partial charge is 0.497 e. The number of ether oxygens (including phenoxy) is 2. The predicted molar refractivity (Wildman–Crippen MR) is 146 cm³/mol. The second-order valence-electron chi connectivity index (χ2n) is 10.1. The normalized spacial score (nSPS) is 21.6. The Hall–Kier alpha value is -2.11. The van der Waals surface area contributed by atoms with Gasteiger partial charge < -0.3 is 14.4 Å². The zero-order chi connectivity index (χ0) is 27.2. The van der Waals surface area contributed by atoms with E-state index in [-0.39, 0.29) is 36.6 Å². The smallest absolute Gasteiger partial charge is 0.412 e. The number of methoxy groups -OCH3 is 1. The van der Waals surface area contributed by atoms with Crippen LogP contribution in [-0.2, 0) is 19.6 Å². The van der Waals surface area contributed by atoms with Crippen molar-refractivity contribution in [3.8, 4) is 5.75 Å². The average Bonchev–Trinajstić information content (AvgIpc) is 2.90. The number of amides is 1. The fraction of sp³-hybridized carbons (Fsp3) is 0.630. The average molecular weight is 536 g/mol. The van der Waals surface area contributed by atoms with Crippen molar-refractivity contribution in [3.05, 3.63) is 29.8 Å². The Balaban J connectivity index is 1.49. The number of nitrogens with zero attached hydrogens (tertiary/aromatic N) is 4. The lowest BCUT2D eigenvalue weighted by Crippen LogP contribution is -2.52. The first-order valence-electron chi connectivity index (χ1n) is 13.0. The number of likely N-dealkylation sites (N-methyl/N-ethyl adjacent to an activating group) is 2. The number of carbonyl (C=O) groups is 1. The molecule has 10 heteroatoms. The maximum absolute atomic E-state index is 13.2. The molecule has 1 saturated heterocycles. The van der Waals surface area contributed by atoms with Crippen LogP contribution in [0.3, 0.4) is 0 Å². The lowest BCUT2D eigenvalue weighted by Gasteiger charge is -2.40. The van der Waals surface area contributed by atoms with Crippen molar-refractivity contribution in [2.75, 3.05) is 67.1 Å². The standard InChI is InChI=1S/C27H43N4O5S/c1-7-22-18-25(35-6)17-21(2)27(22)37(33,34)29(4)15-16-36-20-26(32)30(5)23-9-8-10-24(19-23)31-13-11-28(3)12-14-31/h7,17-18,23-24H,1,5,8-16,19-20H2,2-4,6H3/q+1. The minimum Gasteiger partial charge on any atom is -0.497 e. The summed E-state index contributed by atoms with van der Waals surface area (Å²) in [5.41, 5.74) is 1.06. The molecule has 9 nitrogen and oxygen atoms in total. The second kappa shape index (κ2) is 13.1. The summed E-state index contributed by atoms with van der Waals surface area (Å²) in [6, 6.07) is 3.93. The monoisotopic (exact) mass is 535 g/mol. The summed E-state index contributed by atoms with van der Waals surface area (Å²) < 4.78 is 40.2. The number of hydrogen-bond donors (Lipinski definition) is 0. The third-order valence-electron chi connectivity index (χ3n) is 7.61. The molecule has 0 spiro atoms. The molecular weight excluding hydrogens is 492 g/mol. The summed E-state index contributed by atoms with van der Waals surface area (Å²) in [6.45, 7) is 13.9. The molecule has 1 heterocycles. The summed E-state index contributed by atoms with van der Waals surface area (Å²) in [7, 11) is 1.42. The fourth-order valence-corrected chi connectivity index (χ4v) is 6.78. The first-order valence-corrected chi connectivity index (χ1v) is 14.4. The highest BCUT2D eigenvalue weighted by Gasteiger charge is 2.35. The Morgan fingerprint density at radius 3 is 2.59 bits per heavy atom. The van der Waals surface area contributed by atoms with Crippen LogP contribution < -0.4 is 4.74 Å². The van der Waals surface area contributed by atoms with E-state index in [2.05, 4.69) is 30.1 Å². The molecule has 1 aliphatic carbocycles. The molecule has 1 amide bonds. The molecule has 2 atom stereocenters. The lowest BCUT2D eigenvalue weighted by molar-refractivity contribution is -0.488. The van der Waals surface area contributed by atoms with Gasteiger partial charge in [-0.25, -0.2) is 13.2 Å².